The van der Waals surface area contributed by atoms with Gasteiger partial charge < -0.3 is 20.4 Å². The summed E-state index contributed by atoms with van der Waals surface area (Å²) in [6.07, 6.45) is 3.18. The highest BCUT2D eigenvalue weighted by atomic mass is 19.4. The van der Waals surface area contributed by atoms with E-state index in [1.165, 1.54) is 19.3 Å². The molecule has 2 N–H and O–H groups in total. The number of anilines is 4. The summed E-state index contributed by atoms with van der Waals surface area (Å²) < 4.78 is 40.9. The van der Waals surface area contributed by atoms with E-state index in [9.17, 15) is 18.0 Å². The van der Waals surface area contributed by atoms with E-state index in [4.69, 9.17) is 0 Å². The van der Waals surface area contributed by atoms with Gasteiger partial charge in [0.15, 0.2) is 0 Å². The van der Waals surface area contributed by atoms with E-state index in [1.807, 2.05) is 19.1 Å². The fraction of sp³-hybridized carbons (Fsp3) is 0.607. The van der Waals surface area contributed by atoms with Crippen molar-refractivity contribution in [1.29, 1.82) is 0 Å². The van der Waals surface area contributed by atoms with Crippen molar-refractivity contribution < 1.29 is 18.0 Å². The highest BCUT2D eigenvalue weighted by Crippen LogP contribution is 2.35. The molecule has 1 aromatic heterocycles. The molecule has 11 heteroatoms. The monoisotopic (exact) mass is 545 g/mol. The van der Waals surface area contributed by atoms with Crippen LogP contribution in [0.4, 0.5) is 36.3 Å². The van der Waals surface area contributed by atoms with Gasteiger partial charge in [-0.25, -0.2) is 4.98 Å². The number of hydrogen-bond donors (Lipinski definition) is 2. The molecule has 3 aliphatic rings. The first-order valence-electron chi connectivity index (χ1n) is 14.1. The van der Waals surface area contributed by atoms with Crippen molar-refractivity contribution in [3.05, 3.63) is 35.5 Å². The molecule has 0 atom stereocenters. The molecule has 212 valence electrons. The second-order valence-electron chi connectivity index (χ2n) is 10.8. The second kappa shape index (κ2) is 12.0. The summed E-state index contributed by atoms with van der Waals surface area (Å²) in [5, 5.41) is 5.92. The highest BCUT2D eigenvalue weighted by molar-refractivity contribution is 5.76. The lowest BCUT2D eigenvalue weighted by Crippen LogP contribution is -2.52. The van der Waals surface area contributed by atoms with Crippen LogP contribution in [0.2, 0.25) is 0 Å². The number of piperidine rings is 1. The molecule has 1 saturated carbocycles. The SMILES string of the molecule is Cc1cc(N2CCN(C3CCC3)CC2)ccc1Nc1ncc(C(F)(F)F)c(NCCCN2CCCCC2=O)n1. The Morgan fingerprint density at radius 1 is 1.05 bits per heavy atom. The van der Waals surface area contributed by atoms with E-state index < -0.39 is 11.7 Å². The number of aromatic nitrogens is 2. The van der Waals surface area contributed by atoms with Crippen molar-refractivity contribution in [3.8, 4) is 0 Å². The number of benzene rings is 1. The summed E-state index contributed by atoms with van der Waals surface area (Å²) in [7, 11) is 0. The maximum absolute atomic E-state index is 13.6. The normalized spacial score (nSPS) is 19.2. The van der Waals surface area contributed by atoms with Crippen LogP contribution < -0.4 is 15.5 Å². The van der Waals surface area contributed by atoms with E-state index >= 15 is 0 Å². The number of carbonyl (C=O) groups is 1. The molecule has 3 heterocycles. The molecular formula is C28H38F3N7O. The van der Waals surface area contributed by atoms with Crippen molar-refractivity contribution in [3.63, 3.8) is 0 Å². The zero-order chi connectivity index (χ0) is 27.4. The molecule has 3 fully saturated rings. The predicted octanol–water partition coefficient (Wildman–Crippen LogP) is 5.04. The van der Waals surface area contributed by atoms with Crippen LogP contribution in [-0.4, -0.2) is 77.5 Å². The molecule has 0 radical (unpaired) electrons. The summed E-state index contributed by atoms with van der Waals surface area (Å²) in [6.45, 7) is 7.61. The average Bonchev–Trinajstić information content (AvgIpc) is 2.88. The van der Waals surface area contributed by atoms with Gasteiger partial charge in [0.1, 0.15) is 11.4 Å². The zero-order valence-electron chi connectivity index (χ0n) is 22.6. The molecule has 8 nitrogen and oxygen atoms in total. The first kappa shape index (κ1) is 27.5. The van der Waals surface area contributed by atoms with Crippen LogP contribution >= 0.6 is 0 Å². The number of hydrogen-bond acceptors (Lipinski definition) is 7. The molecule has 2 aromatic rings. The van der Waals surface area contributed by atoms with Gasteiger partial charge in [0.25, 0.3) is 0 Å². The number of alkyl halides is 3. The molecule has 2 saturated heterocycles. The molecule has 1 aromatic carbocycles. The largest absolute Gasteiger partial charge is 0.421 e. The van der Waals surface area contributed by atoms with Crippen molar-refractivity contribution >= 4 is 29.0 Å². The quantitative estimate of drug-likeness (QED) is 0.428. The number of carbonyl (C=O) groups excluding carboxylic acids is 1. The molecule has 2 aliphatic heterocycles. The number of aryl methyl sites for hydroxylation is 1. The van der Waals surface area contributed by atoms with Crippen LogP contribution in [0.15, 0.2) is 24.4 Å². The molecule has 1 aliphatic carbocycles. The maximum Gasteiger partial charge on any atom is 0.421 e. The Hall–Kier alpha value is -3.08. The van der Waals surface area contributed by atoms with E-state index in [1.54, 1.807) is 4.90 Å². The fourth-order valence-corrected chi connectivity index (χ4v) is 5.56. The highest BCUT2D eigenvalue weighted by Gasteiger charge is 2.35. The van der Waals surface area contributed by atoms with Crippen LogP contribution in [-0.2, 0) is 11.0 Å². The van der Waals surface area contributed by atoms with Crippen molar-refractivity contribution in [2.75, 3.05) is 61.3 Å². The van der Waals surface area contributed by atoms with Gasteiger partial charge in [0, 0.05) is 75.8 Å². The first-order chi connectivity index (χ1) is 18.8. The Balaban J connectivity index is 1.20. The lowest BCUT2D eigenvalue weighted by molar-refractivity contribution is -0.137. The fourth-order valence-electron chi connectivity index (χ4n) is 5.56. The lowest BCUT2D eigenvalue weighted by Gasteiger charge is -2.43. The van der Waals surface area contributed by atoms with Gasteiger partial charge in [-0.1, -0.05) is 6.42 Å². The second-order valence-corrected chi connectivity index (χ2v) is 10.8. The summed E-state index contributed by atoms with van der Waals surface area (Å²) in [5.74, 6) is -0.0479. The third-order valence-electron chi connectivity index (χ3n) is 8.14. The van der Waals surface area contributed by atoms with Crippen LogP contribution in [0, 0.1) is 6.92 Å². The molecule has 5 rings (SSSR count). The maximum atomic E-state index is 13.6. The lowest BCUT2D eigenvalue weighted by atomic mass is 9.91. The zero-order valence-corrected chi connectivity index (χ0v) is 22.6. The van der Waals surface area contributed by atoms with E-state index in [2.05, 4.69) is 36.5 Å². The van der Waals surface area contributed by atoms with Crippen molar-refractivity contribution in [2.45, 2.75) is 64.1 Å². The molecule has 0 spiro atoms. The number of nitrogens with zero attached hydrogens (tertiary/aromatic N) is 5. The molecular weight excluding hydrogens is 507 g/mol. The summed E-state index contributed by atoms with van der Waals surface area (Å²) in [4.78, 5) is 26.9. The van der Waals surface area contributed by atoms with E-state index in [-0.39, 0.29) is 24.2 Å². The van der Waals surface area contributed by atoms with E-state index in [0.717, 1.165) is 68.2 Å². The number of halogens is 3. The van der Waals surface area contributed by atoms with Gasteiger partial charge in [-0.3, -0.25) is 9.69 Å². The number of likely N-dealkylation sites (tertiary alicyclic amines) is 1. The van der Waals surface area contributed by atoms with Crippen LogP contribution in [0.5, 0.6) is 0 Å². The molecule has 0 unspecified atom stereocenters. The van der Waals surface area contributed by atoms with Gasteiger partial charge in [-0.2, -0.15) is 18.2 Å². The van der Waals surface area contributed by atoms with Gasteiger partial charge >= 0.3 is 6.18 Å². The third-order valence-corrected chi connectivity index (χ3v) is 8.14. The molecule has 0 bridgehead atoms. The van der Waals surface area contributed by atoms with Crippen LogP contribution in [0.3, 0.4) is 0 Å². The first-order valence-corrected chi connectivity index (χ1v) is 14.1. The summed E-state index contributed by atoms with van der Waals surface area (Å²) in [5.41, 5.74) is 1.96. The molecule has 39 heavy (non-hydrogen) atoms. The standard InChI is InChI=1S/C28H38F3N7O/c1-20-18-22(37-16-14-36(15-17-37)21-6-4-7-21)9-10-24(20)34-27-33-19-23(28(29,30)31)26(35-27)32-11-5-13-38-12-3-2-8-25(38)39/h9-10,18-19,21H,2-8,11-17H2,1H3,(H2,32,33,34,35). The number of rotatable bonds is 9. The molecule has 1 amide bonds. The van der Waals surface area contributed by atoms with Gasteiger partial charge in [-0.05, 0) is 62.8 Å². The summed E-state index contributed by atoms with van der Waals surface area (Å²) >= 11 is 0. The number of piperazine rings is 1. The van der Waals surface area contributed by atoms with Crippen molar-refractivity contribution in [2.24, 2.45) is 0 Å². The topological polar surface area (TPSA) is 76.6 Å². The Bertz CT molecular complexity index is 1150. The van der Waals surface area contributed by atoms with Gasteiger partial charge in [0.2, 0.25) is 11.9 Å². The Kier molecular flexibility index (Phi) is 8.44. The smallest absolute Gasteiger partial charge is 0.369 e. The minimum atomic E-state index is -4.58. The number of nitrogens with one attached hydrogen (secondary N) is 2. The summed E-state index contributed by atoms with van der Waals surface area (Å²) in [6, 6.07) is 6.85. The minimum absolute atomic E-state index is 0.0988. The van der Waals surface area contributed by atoms with E-state index in [0.29, 0.717) is 25.9 Å². The Morgan fingerprint density at radius 3 is 2.51 bits per heavy atom. The van der Waals surface area contributed by atoms with Crippen LogP contribution in [0.1, 0.15) is 56.1 Å². The van der Waals surface area contributed by atoms with Gasteiger partial charge in [0.05, 0.1) is 0 Å². The number of amides is 1. The minimum Gasteiger partial charge on any atom is -0.369 e. The van der Waals surface area contributed by atoms with Crippen LogP contribution in [0.25, 0.3) is 0 Å². The van der Waals surface area contributed by atoms with Gasteiger partial charge in [-0.15, -0.1) is 0 Å². The predicted molar refractivity (Wildman–Crippen MR) is 146 cm³/mol. The third kappa shape index (κ3) is 6.74. The Labute approximate surface area is 228 Å². The van der Waals surface area contributed by atoms with Crippen molar-refractivity contribution in [1.82, 2.24) is 19.8 Å². The Morgan fingerprint density at radius 2 is 1.85 bits per heavy atom. The average molecular weight is 546 g/mol.